The van der Waals surface area contributed by atoms with E-state index < -0.39 is 13.2 Å². The zero-order chi connectivity index (χ0) is 40.5. The van der Waals surface area contributed by atoms with Crippen molar-refractivity contribution < 1.29 is 31.4 Å². The normalized spacial score (nSPS) is 14.9. The maximum Gasteiger partial charge on any atom is 0.120 e. The zero-order valence-electron chi connectivity index (χ0n) is 35.4. The summed E-state index contributed by atoms with van der Waals surface area (Å²) in [4.78, 5) is 8.97. The molecule has 271 valence electrons. The Hall–Kier alpha value is -5.15. The van der Waals surface area contributed by atoms with Crippen LogP contribution in [0.4, 0.5) is 0 Å². The summed E-state index contributed by atoms with van der Waals surface area (Å²) in [6, 6.07) is 50.0. The molecule has 5 aromatic carbocycles. The van der Waals surface area contributed by atoms with Crippen molar-refractivity contribution in [3.05, 3.63) is 180 Å². The van der Waals surface area contributed by atoms with Gasteiger partial charge in [-0.1, -0.05) is 147 Å². The minimum atomic E-state index is -2.20. The Bertz CT molecular complexity index is 2670. The molecule has 0 amide bonds. The number of aromatic nitrogens is 2. The third kappa shape index (κ3) is 7.73. The van der Waals surface area contributed by atoms with E-state index in [0.29, 0.717) is 22.5 Å². The van der Waals surface area contributed by atoms with Gasteiger partial charge in [-0.05, 0) is 70.3 Å². The molecule has 54 heavy (non-hydrogen) atoms. The van der Waals surface area contributed by atoms with Crippen LogP contribution in [0.1, 0.15) is 68.6 Å². The van der Waals surface area contributed by atoms with E-state index in [1.807, 2.05) is 97.1 Å². The fourth-order valence-electron chi connectivity index (χ4n) is 7.44. The average Bonchev–Trinajstić information content (AvgIpc) is 3.94. The molecular formula is C50H44IrN2O-2. The van der Waals surface area contributed by atoms with Gasteiger partial charge in [-0.15, -0.1) is 53.6 Å². The number of rotatable bonds is 7. The van der Waals surface area contributed by atoms with Crippen molar-refractivity contribution in [3.8, 4) is 33.6 Å². The number of para-hydroxylation sites is 1. The van der Waals surface area contributed by atoms with Crippen LogP contribution in [-0.2, 0) is 31.9 Å². The number of nitrogens with zero attached hydrogens (tertiary/aromatic N) is 2. The molecule has 1 saturated carbocycles. The summed E-state index contributed by atoms with van der Waals surface area (Å²) in [6.07, 6.45) is 5.88. The molecule has 8 aromatic rings. The van der Waals surface area contributed by atoms with Crippen molar-refractivity contribution in [2.45, 2.75) is 58.2 Å². The van der Waals surface area contributed by atoms with E-state index in [1.54, 1.807) is 6.20 Å². The average molecular weight is 886 g/mol. The van der Waals surface area contributed by atoms with Crippen LogP contribution in [0.25, 0.3) is 55.6 Å². The third-order valence-electron chi connectivity index (χ3n) is 10.3. The van der Waals surface area contributed by atoms with Gasteiger partial charge in [0, 0.05) is 44.7 Å². The molecule has 0 spiro atoms. The number of aryl methyl sites for hydroxylation is 1. The van der Waals surface area contributed by atoms with Gasteiger partial charge in [-0.2, -0.15) is 0 Å². The summed E-state index contributed by atoms with van der Waals surface area (Å²) in [7, 11) is 0. The van der Waals surface area contributed by atoms with Gasteiger partial charge < -0.3 is 14.4 Å². The Balaban J connectivity index is 0.000000198. The van der Waals surface area contributed by atoms with Crippen LogP contribution in [0.15, 0.2) is 150 Å². The van der Waals surface area contributed by atoms with Gasteiger partial charge in [0.2, 0.25) is 0 Å². The van der Waals surface area contributed by atoms with Gasteiger partial charge in [-0.3, -0.25) is 0 Å². The fraction of sp³-hybridized carbons (Fsp3) is 0.200. The molecule has 0 unspecified atom stereocenters. The number of hydrogen-bond donors (Lipinski definition) is 0. The Labute approximate surface area is 339 Å². The summed E-state index contributed by atoms with van der Waals surface area (Å²) in [5, 5.41) is 2.14. The second kappa shape index (κ2) is 16.5. The summed E-state index contributed by atoms with van der Waals surface area (Å²) in [5.41, 5.74) is 9.22. The molecule has 1 aliphatic rings. The van der Waals surface area contributed by atoms with Crippen LogP contribution in [-0.4, -0.2) is 9.97 Å². The minimum Gasteiger partial charge on any atom is -0.501 e. The molecule has 0 N–H and O–H groups in total. The molecule has 9 rings (SSSR count). The Morgan fingerprint density at radius 2 is 1.56 bits per heavy atom. The fourth-order valence-corrected chi connectivity index (χ4v) is 7.44. The number of fused-ring (bicyclic) bond motifs is 3. The van der Waals surface area contributed by atoms with E-state index in [0.717, 1.165) is 69.9 Å². The molecule has 0 aliphatic heterocycles. The standard InChI is InChI=1S/C32H30NO.C18H14N.Ir/c1-32(2,24-12-4-3-5-13-24)27-17-16-25(31-30(27)26-14-8-9-15-29(26)34-31)28-21-23(18-19-33-28)20-22-10-6-7-11-22;1-14-13-19-18(16-10-6-3-7-11-16)12-17(14)15-8-4-2-5-9-15;/h3-5,8-9,12-15,17-19,21-22H,6-7,10-11,20H2,1-2H3;2-10,12-13H,1H3;/q2*-1;/i20D2;1D3;. The molecule has 4 heteroatoms. The van der Waals surface area contributed by atoms with Crippen molar-refractivity contribution in [3.63, 3.8) is 0 Å². The molecule has 1 radical (unpaired) electrons. The quantitative estimate of drug-likeness (QED) is 0.150. The Morgan fingerprint density at radius 1 is 0.815 bits per heavy atom. The molecule has 0 atom stereocenters. The third-order valence-corrected chi connectivity index (χ3v) is 10.3. The summed E-state index contributed by atoms with van der Waals surface area (Å²) in [5.74, 6) is 0.0528. The van der Waals surface area contributed by atoms with Crippen molar-refractivity contribution in [2.24, 2.45) is 5.92 Å². The molecule has 3 aromatic heterocycles. The van der Waals surface area contributed by atoms with E-state index >= 15 is 0 Å². The second-order valence-electron chi connectivity index (χ2n) is 14.2. The van der Waals surface area contributed by atoms with Crippen LogP contribution in [0, 0.1) is 24.9 Å². The number of pyridine rings is 2. The number of hydrogen-bond acceptors (Lipinski definition) is 3. The van der Waals surface area contributed by atoms with Gasteiger partial charge in [0.15, 0.2) is 0 Å². The first kappa shape index (κ1) is 31.2. The largest absolute Gasteiger partial charge is 0.501 e. The first-order valence-corrected chi connectivity index (χ1v) is 18.3. The summed E-state index contributed by atoms with van der Waals surface area (Å²) < 4.78 is 47.4. The minimum absolute atomic E-state index is 0. The van der Waals surface area contributed by atoms with Crippen molar-refractivity contribution in [1.82, 2.24) is 9.97 Å². The monoisotopic (exact) mass is 886 g/mol. The molecule has 0 bridgehead atoms. The van der Waals surface area contributed by atoms with Gasteiger partial charge in [0.05, 0.1) is 5.58 Å². The Kier molecular flexibility index (Phi) is 9.52. The SMILES string of the molecule is [2H]C([2H])([2H])c1cnc(-c2[c-]cccc2)cc1-c1ccccc1.[2H]C([2H])(c1ccnc(-c2[c-]cc(C(C)(C)c3ccccc3)c3c2oc2ccccc23)c1)C1CCCC1.[Ir]. The van der Waals surface area contributed by atoms with E-state index in [4.69, 9.17) is 11.3 Å². The first-order valence-electron chi connectivity index (χ1n) is 20.8. The van der Waals surface area contributed by atoms with Crippen LogP contribution in [0.3, 0.4) is 0 Å². The Morgan fingerprint density at radius 3 is 2.31 bits per heavy atom. The maximum absolute atomic E-state index is 8.89. The molecule has 3 nitrogen and oxygen atoms in total. The van der Waals surface area contributed by atoms with Crippen LogP contribution in [0.2, 0.25) is 0 Å². The smallest absolute Gasteiger partial charge is 0.120 e. The predicted molar refractivity (Wildman–Crippen MR) is 219 cm³/mol. The number of benzene rings is 5. The van der Waals surface area contributed by atoms with Crippen molar-refractivity contribution in [2.75, 3.05) is 0 Å². The summed E-state index contributed by atoms with van der Waals surface area (Å²) >= 11 is 0. The van der Waals surface area contributed by atoms with E-state index in [2.05, 4.69) is 72.3 Å². The topological polar surface area (TPSA) is 38.9 Å². The maximum atomic E-state index is 8.89. The molecule has 0 saturated heterocycles. The van der Waals surface area contributed by atoms with E-state index in [9.17, 15) is 0 Å². The van der Waals surface area contributed by atoms with Gasteiger partial charge in [0.1, 0.15) is 5.58 Å². The predicted octanol–water partition coefficient (Wildman–Crippen LogP) is 13.0. The van der Waals surface area contributed by atoms with Gasteiger partial charge >= 0.3 is 0 Å². The molecule has 1 aliphatic carbocycles. The zero-order valence-corrected chi connectivity index (χ0v) is 32.8. The molecule has 3 heterocycles. The first-order chi connectivity index (χ1) is 27.9. The van der Waals surface area contributed by atoms with Gasteiger partial charge in [-0.25, -0.2) is 0 Å². The molecular weight excluding hydrogens is 837 g/mol. The van der Waals surface area contributed by atoms with Crippen LogP contribution >= 0.6 is 0 Å². The summed E-state index contributed by atoms with van der Waals surface area (Å²) in [6.45, 7) is 2.28. The van der Waals surface area contributed by atoms with Crippen LogP contribution in [0.5, 0.6) is 0 Å². The van der Waals surface area contributed by atoms with Crippen molar-refractivity contribution in [1.29, 1.82) is 0 Å². The number of furan rings is 1. The van der Waals surface area contributed by atoms with Gasteiger partial charge in [0.25, 0.3) is 0 Å². The van der Waals surface area contributed by atoms with Crippen LogP contribution < -0.4 is 0 Å². The second-order valence-corrected chi connectivity index (χ2v) is 14.2. The van der Waals surface area contributed by atoms with E-state index in [-0.39, 0.29) is 37.0 Å². The molecule has 1 fully saturated rings. The van der Waals surface area contributed by atoms with Crippen molar-refractivity contribution >= 4 is 21.9 Å². The van der Waals surface area contributed by atoms with E-state index in [1.165, 1.54) is 11.8 Å².